The van der Waals surface area contributed by atoms with Gasteiger partial charge in [0.1, 0.15) is 17.4 Å². The zero-order chi connectivity index (χ0) is 9.14. The molecule has 0 saturated carbocycles. The van der Waals surface area contributed by atoms with Crippen molar-refractivity contribution >= 4 is 0 Å². The first-order chi connectivity index (χ1) is 5.69. The van der Waals surface area contributed by atoms with Gasteiger partial charge in [-0.25, -0.2) is 8.78 Å². The number of aliphatic hydroxyl groups excluding tert-OH is 1. The van der Waals surface area contributed by atoms with Gasteiger partial charge in [0.05, 0.1) is 13.7 Å². The number of benzene rings is 1. The Kier molecular flexibility index (Phi) is 2.60. The topological polar surface area (TPSA) is 29.5 Å². The third-order valence-corrected chi connectivity index (χ3v) is 1.51. The van der Waals surface area contributed by atoms with Crippen LogP contribution in [0.5, 0.6) is 5.75 Å². The second-order valence-corrected chi connectivity index (χ2v) is 2.23. The van der Waals surface area contributed by atoms with Crippen LogP contribution in [-0.2, 0) is 6.61 Å². The molecular formula is C8H8F2O2. The van der Waals surface area contributed by atoms with E-state index in [4.69, 9.17) is 5.11 Å². The average Bonchev–Trinajstić information content (AvgIpc) is 2.03. The molecule has 0 amide bonds. The number of ether oxygens (including phenoxy) is 1. The molecule has 0 unspecified atom stereocenters. The zero-order valence-electron chi connectivity index (χ0n) is 6.47. The summed E-state index contributed by atoms with van der Waals surface area (Å²) in [5, 5.41) is 8.54. The third kappa shape index (κ3) is 1.53. The van der Waals surface area contributed by atoms with Gasteiger partial charge in [-0.2, -0.15) is 0 Å². The minimum absolute atomic E-state index is 0.0993. The van der Waals surface area contributed by atoms with Gasteiger partial charge in [-0.05, 0) is 0 Å². The van der Waals surface area contributed by atoms with Gasteiger partial charge in [-0.3, -0.25) is 0 Å². The third-order valence-electron chi connectivity index (χ3n) is 1.51. The first-order valence-electron chi connectivity index (χ1n) is 3.31. The monoisotopic (exact) mass is 174 g/mol. The fraction of sp³-hybridized carbons (Fsp3) is 0.250. The second kappa shape index (κ2) is 3.49. The summed E-state index contributed by atoms with van der Waals surface area (Å²) in [6, 6.07) is 2.04. The maximum atomic E-state index is 12.8. The fourth-order valence-electron chi connectivity index (χ4n) is 0.849. The first-order valence-corrected chi connectivity index (χ1v) is 3.31. The molecule has 1 N–H and O–H groups in total. The summed E-state index contributed by atoms with van der Waals surface area (Å²) < 4.78 is 30.3. The highest BCUT2D eigenvalue weighted by molar-refractivity contribution is 5.29. The number of rotatable bonds is 2. The van der Waals surface area contributed by atoms with Gasteiger partial charge in [-0.1, -0.05) is 0 Å². The predicted octanol–water partition coefficient (Wildman–Crippen LogP) is 1.47. The minimum Gasteiger partial charge on any atom is -0.497 e. The molecule has 1 aromatic rings. The highest BCUT2D eigenvalue weighted by atomic mass is 19.1. The van der Waals surface area contributed by atoms with E-state index in [2.05, 4.69) is 4.74 Å². The molecule has 0 heterocycles. The normalized spacial score (nSPS) is 10.0. The lowest BCUT2D eigenvalue weighted by molar-refractivity contribution is 0.268. The van der Waals surface area contributed by atoms with Crippen molar-refractivity contribution in [2.24, 2.45) is 0 Å². The molecular weight excluding hydrogens is 166 g/mol. The summed E-state index contributed by atoms with van der Waals surface area (Å²) in [7, 11) is 1.31. The smallest absolute Gasteiger partial charge is 0.135 e. The molecule has 12 heavy (non-hydrogen) atoms. The lowest BCUT2D eigenvalue weighted by Gasteiger charge is -2.04. The van der Waals surface area contributed by atoms with Crippen LogP contribution in [0.25, 0.3) is 0 Å². The first kappa shape index (κ1) is 8.93. The van der Waals surface area contributed by atoms with Crippen molar-refractivity contribution in [3.63, 3.8) is 0 Å². The van der Waals surface area contributed by atoms with Gasteiger partial charge in [-0.15, -0.1) is 0 Å². The van der Waals surface area contributed by atoms with Crippen LogP contribution in [0.15, 0.2) is 12.1 Å². The van der Waals surface area contributed by atoms with E-state index in [-0.39, 0.29) is 11.3 Å². The molecule has 0 atom stereocenters. The van der Waals surface area contributed by atoms with Crippen LogP contribution < -0.4 is 4.74 Å². The summed E-state index contributed by atoms with van der Waals surface area (Å²) in [6.07, 6.45) is 0. The number of aliphatic hydroxyl groups is 1. The summed E-state index contributed by atoms with van der Waals surface area (Å²) in [6.45, 7) is -0.651. The van der Waals surface area contributed by atoms with Crippen LogP contribution in [0.3, 0.4) is 0 Å². The molecule has 0 aliphatic rings. The summed E-state index contributed by atoms with van der Waals surface area (Å²) in [4.78, 5) is 0. The molecule has 4 heteroatoms. The molecule has 1 rings (SSSR count). The Labute approximate surface area is 68.4 Å². The van der Waals surface area contributed by atoms with E-state index in [1.165, 1.54) is 7.11 Å². The molecule has 0 aliphatic heterocycles. The van der Waals surface area contributed by atoms with Gasteiger partial charge >= 0.3 is 0 Å². The highest BCUT2D eigenvalue weighted by Crippen LogP contribution is 2.19. The molecule has 0 saturated heterocycles. The summed E-state index contributed by atoms with van der Waals surface area (Å²) >= 11 is 0. The average molecular weight is 174 g/mol. The quantitative estimate of drug-likeness (QED) is 0.735. The maximum absolute atomic E-state index is 12.8. The van der Waals surface area contributed by atoms with Crippen LogP contribution in [0.4, 0.5) is 8.78 Å². The van der Waals surface area contributed by atoms with E-state index in [1.54, 1.807) is 0 Å². The van der Waals surface area contributed by atoms with Crippen LogP contribution in [0, 0.1) is 11.6 Å². The van der Waals surface area contributed by atoms with Gasteiger partial charge in [0.25, 0.3) is 0 Å². The van der Waals surface area contributed by atoms with E-state index in [0.29, 0.717) is 0 Å². The van der Waals surface area contributed by atoms with Crippen molar-refractivity contribution in [2.75, 3.05) is 7.11 Å². The van der Waals surface area contributed by atoms with Crippen LogP contribution in [-0.4, -0.2) is 12.2 Å². The molecule has 66 valence electrons. The lowest BCUT2D eigenvalue weighted by Crippen LogP contribution is -1.96. The van der Waals surface area contributed by atoms with E-state index in [1.807, 2.05) is 0 Å². The van der Waals surface area contributed by atoms with Gasteiger partial charge in [0.15, 0.2) is 0 Å². The van der Waals surface area contributed by atoms with Crippen molar-refractivity contribution in [2.45, 2.75) is 6.61 Å². The molecule has 1 aromatic carbocycles. The van der Waals surface area contributed by atoms with E-state index < -0.39 is 18.2 Å². The number of hydrogen-bond acceptors (Lipinski definition) is 2. The highest BCUT2D eigenvalue weighted by Gasteiger charge is 2.09. The zero-order valence-corrected chi connectivity index (χ0v) is 6.47. The van der Waals surface area contributed by atoms with E-state index >= 15 is 0 Å². The fourth-order valence-corrected chi connectivity index (χ4v) is 0.849. The van der Waals surface area contributed by atoms with E-state index in [0.717, 1.165) is 12.1 Å². The van der Waals surface area contributed by atoms with Crippen LogP contribution in [0.1, 0.15) is 5.56 Å². The molecule has 0 aliphatic carbocycles. The Bertz CT molecular complexity index is 263. The van der Waals surface area contributed by atoms with E-state index in [9.17, 15) is 8.78 Å². The molecule has 0 spiro atoms. The molecule has 0 bridgehead atoms. The summed E-state index contributed by atoms with van der Waals surface area (Å²) in [5.74, 6) is -1.49. The second-order valence-electron chi connectivity index (χ2n) is 2.23. The molecule has 0 radical (unpaired) electrons. The van der Waals surface area contributed by atoms with Crippen molar-refractivity contribution in [1.82, 2.24) is 0 Å². The van der Waals surface area contributed by atoms with Crippen molar-refractivity contribution in [1.29, 1.82) is 0 Å². The molecule has 0 aromatic heterocycles. The Morgan fingerprint density at radius 1 is 1.33 bits per heavy atom. The Balaban J connectivity index is 3.18. The van der Waals surface area contributed by atoms with Crippen LogP contribution >= 0.6 is 0 Å². The lowest BCUT2D eigenvalue weighted by atomic mass is 10.2. The number of methoxy groups -OCH3 is 1. The Morgan fingerprint density at radius 3 is 2.17 bits per heavy atom. The number of halogens is 2. The Hall–Kier alpha value is -1.16. The van der Waals surface area contributed by atoms with Gasteiger partial charge in [0, 0.05) is 17.7 Å². The largest absolute Gasteiger partial charge is 0.497 e. The van der Waals surface area contributed by atoms with Gasteiger partial charge in [0.2, 0.25) is 0 Å². The standard InChI is InChI=1S/C8H8F2O2/c1-12-5-2-7(9)6(4-11)8(10)3-5/h2-3,11H,4H2,1H3. The van der Waals surface area contributed by atoms with Crippen molar-refractivity contribution < 1.29 is 18.6 Å². The number of hydrogen-bond donors (Lipinski definition) is 1. The van der Waals surface area contributed by atoms with Crippen LogP contribution in [0.2, 0.25) is 0 Å². The Morgan fingerprint density at radius 2 is 1.83 bits per heavy atom. The van der Waals surface area contributed by atoms with Crippen molar-refractivity contribution in [3.8, 4) is 5.75 Å². The minimum atomic E-state index is -0.797. The molecule has 0 fully saturated rings. The SMILES string of the molecule is COc1cc(F)c(CO)c(F)c1. The van der Waals surface area contributed by atoms with Gasteiger partial charge < -0.3 is 9.84 Å². The van der Waals surface area contributed by atoms with Crippen molar-refractivity contribution in [3.05, 3.63) is 29.3 Å². The predicted molar refractivity (Wildman–Crippen MR) is 38.8 cm³/mol. The maximum Gasteiger partial charge on any atom is 0.135 e. The summed E-state index contributed by atoms with van der Waals surface area (Å²) in [5.41, 5.74) is -0.337. The molecule has 2 nitrogen and oxygen atoms in total.